The van der Waals surface area contributed by atoms with Crippen LogP contribution < -0.4 is 20.9 Å². The summed E-state index contributed by atoms with van der Waals surface area (Å²) in [4.78, 5) is 64.6. The number of ether oxygens (including phenoxy) is 5. The zero-order chi connectivity index (χ0) is 67.7. The Morgan fingerprint density at radius 1 is 0.589 bits per heavy atom. The molecule has 20 nitrogen and oxygen atoms in total. The minimum Gasteiger partial charge on any atom is -0.497 e. The topological polar surface area (TPSA) is 254 Å². The van der Waals surface area contributed by atoms with Crippen LogP contribution in [0, 0.1) is 5.92 Å². The van der Waals surface area contributed by atoms with Crippen LogP contribution in [0.25, 0.3) is 43.8 Å². The third-order valence-corrected chi connectivity index (χ3v) is 15.6. The van der Waals surface area contributed by atoms with E-state index in [-0.39, 0.29) is 32.3 Å². The van der Waals surface area contributed by atoms with Gasteiger partial charge >= 0.3 is 18.3 Å². The second-order valence-corrected chi connectivity index (χ2v) is 25.5. The quantitative estimate of drug-likeness (QED) is 0.0179. The lowest BCUT2D eigenvalue weighted by atomic mass is 9.96. The number of hydrogen-bond acceptors (Lipinski definition) is 13. The molecule has 0 saturated carbocycles. The zero-order valence-electron chi connectivity index (χ0n) is 55.2. The molecule has 3 aromatic heterocycles. The summed E-state index contributed by atoms with van der Waals surface area (Å²) >= 11 is 0. The zero-order valence-corrected chi connectivity index (χ0v) is 55.2. The van der Waals surface area contributed by atoms with Gasteiger partial charge in [0, 0.05) is 87.5 Å². The fourth-order valence-electron chi connectivity index (χ4n) is 11.4. The van der Waals surface area contributed by atoms with Crippen molar-refractivity contribution in [3.05, 3.63) is 233 Å². The number of alkyl carbamates (subject to hydrolysis) is 1. The van der Waals surface area contributed by atoms with Gasteiger partial charge in [0.1, 0.15) is 23.6 Å². The standard InChI is InChI=1S/C34H31N3O5.C23H29N3O4.C18H26N2O3/c38-33(22-42-37-34(39)41-20-30-26-14-6-4-12-24(26)25-13-5-7-15-27(25)30)36-32(21-40-19-23-10-2-1-3-11-23)29-18-35-31-17-9-8-16-28(29)31;1-23(2,3)30-22(27)25-14-21(26(28)15-16-8-6-5-7-9-16)19-13-24-20-12-17(29-4)10-11-18(19)20;1-12(2)10-16(20(22)17(21)23-18(3,4)5)14-11-19-15-9-7-6-8-13(14)15/h1-18,30,32,35H,19-22H2,(H,36,38)(H,37,39);5-13,21,24,28H,14-15H2,1-4H3,(H,25,27);6-9,11-12,16,19,22H,10H2,1-5H3. The smallest absolute Gasteiger partial charge is 0.434 e. The maximum absolute atomic E-state index is 12.8. The normalized spacial score (nSPS) is 12.9. The number of hydrogen-bond donors (Lipinski definition) is 8. The third kappa shape index (κ3) is 19.1. The van der Waals surface area contributed by atoms with E-state index in [2.05, 4.69) is 69.2 Å². The molecule has 95 heavy (non-hydrogen) atoms. The monoisotopic (exact) mass is 1290 g/mol. The van der Waals surface area contributed by atoms with Crippen LogP contribution in [0.3, 0.4) is 0 Å². The summed E-state index contributed by atoms with van der Waals surface area (Å²) in [5.74, 6) is 0.571. The number of hydroxylamine groups is 5. The van der Waals surface area contributed by atoms with Gasteiger partial charge in [-0.2, -0.15) is 15.6 Å². The second-order valence-electron chi connectivity index (χ2n) is 25.5. The van der Waals surface area contributed by atoms with E-state index in [1.807, 2.05) is 191 Å². The molecule has 498 valence electrons. The van der Waals surface area contributed by atoms with Gasteiger partial charge in [-0.3, -0.25) is 14.8 Å². The number of carbonyl (C=O) groups excluding carboxylic acids is 4. The van der Waals surface area contributed by atoms with Crippen LogP contribution in [0.2, 0.25) is 0 Å². The first-order chi connectivity index (χ1) is 45.6. The number of H-pyrrole nitrogens is 3. The van der Waals surface area contributed by atoms with Crippen LogP contribution in [0.4, 0.5) is 14.4 Å². The number of aromatic amines is 3. The van der Waals surface area contributed by atoms with Gasteiger partial charge < -0.3 is 54.5 Å². The molecule has 4 amide bonds. The van der Waals surface area contributed by atoms with E-state index in [9.17, 15) is 29.6 Å². The van der Waals surface area contributed by atoms with Crippen LogP contribution in [-0.2, 0) is 41.7 Å². The number of nitrogens with zero attached hydrogens (tertiary/aromatic N) is 2. The number of rotatable bonds is 22. The Balaban J connectivity index is 0.000000176. The van der Waals surface area contributed by atoms with Crippen LogP contribution in [-0.4, -0.2) is 104 Å². The highest BCUT2D eigenvalue weighted by atomic mass is 16.7. The Morgan fingerprint density at radius 3 is 1.72 bits per heavy atom. The first kappa shape index (κ1) is 69.4. The number of fused-ring (bicyclic) bond motifs is 6. The summed E-state index contributed by atoms with van der Waals surface area (Å²) in [7, 11) is 1.62. The van der Waals surface area contributed by atoms with Crippen molar-refractivity contribution in [2.45, 2.75) is 110 Å². The van der Waals surface area contributed by atoms with E-state index in [4.69, 9.17) is 28.5 Å². The number of methoxy groups -OCH3 is 1. The molecule has 8 N–H and O–H groups in total. The lowest BCUT2D eigenvalue weighted by Gasteiger charge is -2.29. The third-order valence-electron chi connectivity index (χ3n) is 15.6. The molecule has 0 spiro atoms. The molecular weight excluding hydrogens is 1200 g/mol. The molecular formula is C75H86N8O12. The summed E-state index contributed by atoms with van der Waals surface area (Å²) in [5, 5.41) is 32.1. The van der Waals surface area contributed by atoms with E-state index < -0.39 is 53.5 Å². The fraction of sp³-hybridized carbons (Fsp3) is 0.307. The average molecular weight is 1290 g/mol. The summed E-state index contributed by atoms with van der Waals surface area (Å²) in [6.07, 6.45) is 4.19. The van der Waals surface area contributed by atoms with Crippen LogP contribution >= 0.6 is 0 Å². The van der Waals surface area contributed by atoms with Crippen molar-refractivity contribution in [3.8, 4) is 16.9 Å². The molecule has 3 unspecified atom stereocenters. The summed E-state index contributed by atoms with van der Waals surface area (Å²) in [6.45, 7) is 15.8. The largest absolute Gasteiger partial charge is 0.497 e. The minimum absolute atomic E-state index is 0.0701. The van der Waals surface area contributed by atoms with Gasteiger partial charge in [-0.25, -0.2) is 14.4 Å². The molecule has 3 atom stereocenters. The van der Waals surface area contributed by atoms with Crippen LogP contribution in [0.1, 0.15) is 125 Å². The van der Waals surface area contributed by atoms with Gasteiger partial charge in [-0.05, 0) is 117 Å². The average Bonchev–Trinajstić information content (AvgIpc) is 1.63. The van der Waals surface area contributed by atoms with E-state index in [1.54, 1.807) is 27.9 Å². The number of aromatic nitrogens is 3. The molecule has 0 bridgehead atoms. The molecule has 0 fully saturated rings. The summed E-state index contributed by atoms with van der Waals surface area (Å²) in [6, 6.07) is 55.8. The summed E-state index contributed by atoms with van der Waals surface area (Å²) < 4.78 is 27.4. The van der Waals surface area contributed by atoms with E-state index in [0.717, 1.165) is 93.6 Å². The first-order valence-corrected chi connectivity index (χ1v) is 31.7. The minimum atomic E-state index is -0.760. The van der Waals surface area contributed by atoms with Crippen molar-refractivity contribution in [2.24, 2.45) is 5.92 Å². The highest BCUT2D eigenvalue weighted by Gasteiger charge is 2.32. The van der Waals surface area contributed by atoms with Gasteiger partial charge in [0.25, 0.3) is 0 Å². The highest BCUT2D eigenvalue weighted by Crippen LogP contribution is 2.45. The maximum atomic E-state index is 12.8. The number of para-hydroxylation sites is 2. The van der Waals surface area contributed by atoms with Gasteiger partial charge in [-0.15, -0.1) is 0 Å². The van der Waals surface area contributed by atoms with Crippen molar-refractivity contribution < 1.29 is 58.1 Å². The lowest BCUT2D eigenvalue weighted by Crippen LogP contribution is -2.39. The Bertz CT molecular complexity index is 4090. The van der Waals surface area contributed by atoms with Crippen LogP contribution in [0.15, 0.2) is 195 Å². The fourth-order valence-corrected chi connectivity index (χ4v) is 11.4. The Morgan fingerprint density at radius 2 is 1.12 bits per heavy atom. The molecule has 1 aliphatic rings. The number of amides is 4. The Kier molecular flexibility index (Phi) is 23.6. The Hall–Kier alpha value is -9.96. The van der Waals surface area contributed by atoms with Crippen molar-refractivity contribution in [1.82, 2.24) is 41.2 Å². The van der Waals surface area contributed by atoms with Gasteiger partial charge in [0.2, 0.25) is 5.91 Å². The van der Waals surface area contributed by atoms with Crippen molar-refractivity contribution in [2.75, 3.05) is 33.5 Å². The highest BCUT2D eigenvalue weighted by molar-refractivity contribution is 5.87. The number of nitrogens with one attached hydrogen (secondary N) is 6. The van der Waals surface area contributed by atoms with Gasteiger partial charge in [-0.1, -0.05) is 159 Å². The van der Waals surface area contributed by atoms with Gasteiger partial charge in [0.15, 0.2) is 6.61 Å². The molecule has 3 heterocycles. The SMILES string of the molecule is CC(C)CC(c1c[nH]c2ccccc12)N(O)C(=O)OC(C)(C)C.COc1ccc2c(C(CNC(=O)OC(C)(C)C)N(O)Cc3ccccc3)c[nH]c2c1.O=C(CONC(=O)OCC1c2ccccc2-c2ccccc21)NC(COCc1ccccc1)c1c[nH]c2ccccc12. The molecule has 10 aromatic rings. The number of benzene rings is 7. The molecule has 0 aliphatic heterocycles. The lowest BCUT2D eigenvalue weighted by molar-refractivity contribution is -0.135. The van der Waals surface area contributed by atoms with Crippen molar-refractivity contribution >= 4 is 56.9 Å². The predicted octanol–water partition coefficient (Wildman–Crippen LogP) is 15.5. The second kappa shape index (κ2) is 32.3. The van der Waals surface area contributed by atoms with E-state index >= 15 is 0 Å². The van der Waals surface area contributed by atoms with E-state index in [1.165, 1.54) is 5.06 Å². The molecule has 7 aromatic carbocycles. The first-order valence-electron chi connectivity index (χ1n) is 31.7. The van der Waals surface area contributed by atoms with Gasteiger partial charge in [0.05, 0.1) is 38.4 Å². The summed E-state index contributed by atoms with van der Waals surface area (Å²) in [5.41, 5.74) is 13.0. The predicted molar refractivity (Wildman–Crippen MR) is 365 cm³/mol. The molecule has 1 aliphatic carbocycles. The molecule has 20 heteroatoms. The van der Waals surface area contributed by atoms with E-state index in [0.29, 0.717) is 25.5 Å². The van der Waals surface area contributed by atoms with Crippen molar-refractivity contribution in [3.63, 3.8) is 0 Å². The Labute approximate surface area is 553 Å². The molecule has 11 rings (SSSR count). The number of carbonyl (C=O) groups is 4. The van der Waals surface area contributed by atoms with Crippen molar-refractivity contribution in [1.29, 1.82) is 0 Å². The maximum Gasteiger partial charge on any atom is 0.434 e. The molecule has 0 saturated heterocycles. The van der Waals surface area contributed by atoms with Crippen LogP contribution in [0.5, 0.6) is 5.75 Å². The molecule has 0 radical (unpaired) electrons.